The van der Waals surface area contributed by atoms with E-state index in [-0.39, 0.29) is 25.4 Å². The Morgan fingerprint density at radius 2 is 1.67 bits per heavy atom. The van der Waals surface area contributed by atoms with Crippen LogP contribution in [0.1, 0.15) is 22.3 Å². The van der Waals surface area contributed by atoms with Gasteiger partial charge in [0.2, 0.25) is 0 Å². The Balaban J connectivity index is 1.61. The normalized spacial score (nSPS) is 13.0. The Hall–Kier alpha value is -4.11. The van der Waals surface area contributed by atoms with Crippen LogP contribution < -0.4 is 9.47 Å². The first-order valence-corrected chi connectivity index (χ1v) is 11.3. The second-order valence-corrected chi connectivity index (χ2v) is 8.23. The lowest BCUT2D eigenvalue weighted by molar-refractivity contribution is -0.139. The van der Waals surface area contributed by atoms with Gasteiger partial charge < -0.3 is 24.2 Å². The molecule has 0 saturated heterocycles. The summed E-state index contributed by atoms with van der Waals surface area (Å²) in [6, 6.07) is 15.5. The number of hydrogen-bond donors (Lipinski definition) is 1. The molecule has 188 valence electrons. The van der Waals surface area contributed by atoms with E-state index in [0.29, 0.717) is 52.3 Å². The lowest BCUT2D eigenvalue weighted by Crippen LogP contribution is -2.34. The summed E-state index contributed by atoms with van der Waals surface area (Å²) in [4.78, 5) is 28.9. The van der Waals surface area contributed by atoms with Gasteiger partial charge in [-0.15, -0.1) is 5.06 Å². The number of hydroxylamine groups is 2. The van der Waals surface area contributed by atoms with E-state index in [1.54, 1.807) is 18.2 Å². The van der Waals surface area contributed by atoms with Crippen molar-refractivity contribution in [2.45, 2.75) is 26.0 Å². The molecule has 3 aromatic carbocycles. The molecule has 3 aromatic rings. The molecule has 1 aliphatic rings. The van der Waals surface area contributed by atoms with Crippen molar-refractivity contribution in [3.05, 3.63) is 82.7 Å². The summed E-state index contributed by atoms with van der Waals surface area (Å²) in [7, 11) is 2.94. The van der Waals surface area contributed by atoms with Crippen LogP contribution in [0.3, 0.4) is 0 Å². The highest BCUT2D eigenvalue weighted by atomic mass is 19.1. The monoisotopic (exact) mass is 495 g/mol. The van der Waals surface area contributed by atoms with Crippen LogP contribution in [0.4, 0.5) is 9.18 Å². The molecule has 9 heteroatoms. The molecule has 0 aliphatic carbocycles. The SMILES string of the molecule is COc1cc(CC(=O)O)cc(OC)c1-c1ccc(F)c2c1CN(OC(=O)OCc1ccccc1)CC2. The van der Waals surface area contributed by atoms with Crippen LogP contribution in [-0.2, 0) is 40.4 Å². The third kappa shape index (κ3) is 5.58. The number of carboxylic acids is 1. The highest BCUT2D eigenvalue weighted by molar-refractivity contribution is 5.82. The zero-order chi connectivity index (χ0) is 25.7. The van der Waals surface area contributed by atoms with Crippen molar-refractivity contribution in [1.82, 2.24) is 5.06 Å². The van der Waals surface area contributed by atoms with Crippen LogP contribution in [0.15, 0.2) is 54.6 Å². The molecule has 0 bridgehead atoms. The fourth-order valence-corrected chi connectivity index (χ4v) is 4.28. The standard InChI is InChI=1S/C27H26FNO7/c1-33-23-12-18(14-25(30)31)13-24(34-2)26(23)20-8-9-22(28)19-10-11-29(15-21(19)20)36-27(32)35-16-17-6-4-3-5-7-17/h3-9,12-13H,10-11,14-16H2,1-2H3,(H,30,31). The first kappa shape index (κ1) is 25.0. The van der Waals surface area contributed by atoms with Crippen LogP contribution in [0.2, 0.25) is 0 Å². The molecular weight excluding hydrogens is 469 g/mol. The van der Waals surface area contributed by atoms with Gasteiger partial charge in [0.1, 0.15) is 23.9 Å². The predicted molar refractivity (Wildman–Crippen MR) is 128 cm³/mol. The molecule has 1 aliphatic heterocycles. The van der Waals surface area contributed by atoms with Gasteiger partial charge in [-0.2, -0.15) is 0 Å². The number of carboxylic acid groups (broad SMARTS) is 1. The Labute approximate surface area is 207 Å². The number of carbonyl (C=O) groups is 2. The molecule has 1 N–H and O–H groups in total. The second kappa shape index (κ2) is 11.1. The van der Waals surface area contributed by atoms with Gasteiger partial charge in [0.25, 0.3) is 0 Å². The lowest BCUT2D eigenvalue weighted by atomic mass is 9.89. The molecule has 0 unspecified atom stereocenters. The zero-order valence-corrected chi connectivity index (χ0v) is 20.0. The smallest absolute Gasteiger partial charge is 0.496 e. The molecule has 1 heterocycles. The zero-order valence-electron chi connectivity index (χ0n) is 20.0. The molecule has 0 aromatic heterocycles. The summed E-state index contributed by atoms with van der Waals surface area (Å²) in [5, 5.41) is 10.6. The van der Waals surface area contributed by atoms with Crippen molar-refractivity contribution in [3.8, 4) is 22.6 Å². The number of methoxy groups -OCH3 is 2. The topological polar surface area (TPSA) is 94.5 Å². The van der Waals surface area contributed by atoms with Gasteiger partial charge in [0, 0.05) is 6.54 Å². The quantitative estimate of drug-likeness (QED) is 0.447. The maximum absolute atomic E-state index is 14.8. The summed E-state index contributed by atoms with van der Waals surface area (Å²) in [5.74, 6) is -0.571. The van der Waals surface area contributed by atoms with Crippen LogP contribution >= 0.6 is 0 Å². The van der Waals surface area contributed by atoms with Crippen molar-refractivity contribution in [1.29, 1.82) is 0 Å². The minimum atomic E-state index is -0.988. The fraction of sp³-hybridized carbons (Fsp3) is 0.259. The van der Waals surface area contributed by atoms with Crippen LogP contribution in [-0.4, -0.2) is 43.1 Å². The molecule has 4 rings (SSSR count). The molecular formula is C27H26FNO7. The average Bonchev–Trinajstić information content (AvgIpc) is 2.87. The second-order valence-electron chi connectivity index (χ2n) is 8.23. The molecule has 0 fully saturated rings. The number of carbonyl (C=O) groups excluding carboxylic acids is 1. The number of benzene rings is 3. The summed E-state index contributed by atoms with van der Waals surface area (Å²) in [6.45, 7) is 0.479. The van der Waals surface area contributed by atoms with E-state index in [0.717, 1.165) is 5.56 Å². The number of fused-ring (bicyclic) bond motifs is 1. The van der Waals surface area contributed by atoms with Crippen LogP contribution in [0, 0.1) is 5.82 Å². The van der Waals surface area contributed by atoms with Crippen molar-refractivity contribution in [2.24, 2.45) is 0 Å². The van der Waals surface area contributed by atoms with E-state index in [1.165, 1.54) is 25.3 Å². The molecule has 8 nitrogen and oxygen atoms in total. The van der Waals surface area contributed by atoms with Crippen LogP contribution in [0.5, 0.6) is 11.5 Å². The van der Waals surface area contributed by atoms with Gasteiger partial charge in [0.05, 0.1) is 32.7 Å². The molecule has 0 saturated carbocycles. The first-order chi connectivity index (χ1) is 17.4. The number of nitrogens with zero attached hydrogens (tertiary/aromatic N) is 1. The molecule has 0 radical (unpaired) electrons. The van der Waals surface area contributed by atoms with E-state index in [2.05, 4.69) is 0 Å². The minimum Gasteiger partial charge on any atom is -0.496 e. The van der Waals surface area contributed by atoms with Gasteiger partial charge in [-0.1, -0.05) is 36.4 Å². The van der Waals surface area contributed by atoms with E-state index in [1.807, 2.05) is 30.3 Å². The first-order valence-electron chi connectivity index (χ1n) is 11.3. The van der Waals surface area contributed by atoms with Crippen molar-refractivity contribution in [3.63, 3.8) is 0 Å². The van der Waals surface area contributed by atoms with Gasteiger partial charge in [-0.3, -0.25) is 4.79 Å². The summed E-state index contributed by atoms with van der Waals surface area (Å²) in [6.07, 6.45) is -0.752. The van der Waals surface area contributed by atoms with Gasteiger partial charge >= 0.3 is 12.1 Å². The highest BCUT2D eigenvalue weighted by Gasteiger charge is 2.28. The number of aliphatic carboxylic acids is 1. The number of hydrogen-bond acceptors (Lipinski definition) is 7. The van der Waals surface area contributed by atoms with E-state index >= 15 is 0 Å². The maximum Gasteiger partial charge on any atom is 0.528 e. The van der Waals surface area contributed by atoms with E-state index in [9.17, 15) is 19.1 Å². The highest BCUT2D eigenvalue weighted by Crippen LogP contribution is 2.43. The molecule has 0 spiro atoms. The Morgan fingerprint density at radius 1 is 0.972 bits per heavy atom. The van der Waals surface area contributed by atoms with Crippen LogP contribution in [0.25, 0.3) is 11.1 Å². The van der Waals surface area contributed by atoms with E-state index in [4.69, 9.17) is 19.0 Å². The van der Waals surface area contributed by atoms with E-state index < -0.39 is 12.1 Å². The minimum absolute atomic E-state index is 0.0705. The van der Waals surface area contributed by atoms with Gasteiger partial charge in [-0.25, -0.2) is 9.18 Å². The Bertz CT molecular complexity index is 1240. The van der Waals surface area contributed by atoms with Gasteiger partial charge in [-0.05, 0) is 52.4 Å². The van der Waals surface area contributed by atoms with Crippen molar-refractivity contribution >= 4 is 12.1 Å². The van der Waals surface area contributed by atoms with Gasteiger partial charge in [0.15, 0.2) is 0 Å². The molecule has 0 amide bonds. The largest absolute Gasteiger partial charge is 0.528 e. The molecule has 36 heavy (non-hydrogen) atoms. The number of rotatable bonds is 8. The number of ether oxygens (including phenoxy) is 3. The Kier molecular flexibility index (Phi) is 7.70. The third-order valence-corrected chi connectivity index (χ3v) is 5.91. The lowest BCUT2D eigenvalue weighted by Gasteiger charge is -2.29. The maximum atomic E-state index is 14.8. The van der Waals surface area contributed by atoms with Crippen molar-refractivity contribution < 1.29 is 38.1 Å². The third-order valence-electron chi connectivity index (χ3n) is 5.91. The Morgan fingerprint density at radius 3 is 2.31 bits per heavy atom. The summed E-state index contributed by atoms with van der Waals surface area (Å²) < 4.78 is 31.1. The number of halogens is 1. The predicted octanol–water partition coefficient (Wildman–Crippen LogP) is 4.76. The van der Waals surface area contributed by atoms with Crippen molar-refractivity contribution in [2.75, 3.05) is 20.8 Å². The average molecular weight is 496 g/mol. The summed E-state index contributed by atoms with van der Waals surface area (Å²) in [5.41, 5.74) is 3.63. The molecule has 0 atom stereocenters. The summed E-state index contributed by atoms with van der Waals surface area (Å²) >= 11 is 0. The fourth-order valence-electron chi connectivity index (χ4n) is 4.28.